The van der Waals surface area contributed by atoms with E-state index < -0.39 is 11.9 Å². The fourth-order valence-corrected chi connectivity index (χ4v) is 2.28. The zero-order chi connectivity index (χ0) is 13.9. The van der Waals surface area contributed by atoms with Gasteiger partial charge in [0.15, 0.2) is 0 Å². The number of carboxylic acid groups (broad SMARTS) is 1. The van der Waals surface area contributed by atoms with E-state index in [1.54, 1.807) is 14.0 Å². The van der Waals surface area contributed by atoms with Crippen LogP contribution in [0.5, 0.6) is 0 Å². The predicted molar refractivity (Wildman–Crippen MR) is 67.8 cm³/mol. The average molecular weight is 271 g/mol. The zero-order valence-corrected chi connectivity index (χ0v) is 11.7. The minimum atomic E-state index is -0.916. The van der Waals surface area contributed by atoms with E-state index in [1.165, 1.54) is 4.90 Å². The number of hydrogen-bond acceptors (Lipinski definition) is 5. The molecular weight excluding hydrogens is 254 g/mol. The van der Waals surface area contributed by atoms with Crippen LogP contribution >= 0.6 is 11.5 Å². The van der Waals surface area contributed by atoms with Crippen LogP contribution in [0.15, 0.2) is 0 Å². The standard InChI is InChI=1S/C11H17N3O3S/c1-6(2)8-9(18-13-12-8)10(15)14(4)5-7(3)11(16)17/h6-7H,5H2,1-4H3,(H,16,17). The van der Waals surface area contributed by atoms with Crippen LogP contribution in [0.1, 0.15) is 42.1 Å². The molecule has 0 fully saturated rings. The van der Waals surface area contributed by atoms with Crippen molar-refractivity contribution in [3.8, 4) is 0 Å². The van der Waals surface area contributed by atoms with Crippen molar-refractivity contribution in [3.05, 3.63) is 10.6 Å². The average Bonchev–Trinajstić information content (AvgIpc) is 2.76. The minimum absolute atomic E-state index is 0.119. The van der Waals surface area contributed by atoms with Gasteiger partial charge in [0.05, 0.1) is 11.6 Å². The largest absolute Gasteiger partial charge is 0.481 e. The van der Waals surface area contributed by atoms with Gasteiger partial charge in [0.1, 0.15) is 4.88 Å². The zero-order valence-electron chi connectivity index (χ0n) is 10.9. The smallest absolute Gasteiger partial charge is 0.308 e. The molecule has 0 aromatic carbocycles. The molecule has 1 rings (SSSR count). The number of hydrogen-bond donors (Lipinski definition) is 1. The lowest BCUT2D eigenvalue weighted by atomic mass is 10.1. The molecule has 100 valence electrons. The van der Waals surface area contributed by atoms with Gasteiger partial charge < -0.3 is 10.0 Å². The maximum Gasteiger partial charge on any atom is 0.308 e. The van der Waals surface area contributed by atoms with Crippen molar-refractivity contribution in [1.29, 1.82) is 0 Å². The Morgan fingerprint density at radius 2 is 2.00 bits per heavy atom. The molecule has 0 bridgehead atoms. The van der Waals surface area contributed by atoms with Crippen LogP contribution in [0.2, 0.25) is 0 Å². The first-order valence-electron chi connectivity index (χ1n) is 5.65. The van der Waals surface area contributed by atoms with Gasteiger partial charge in [-0.15, -0.1) is 5.10 Å². The van der Waals surface area contributed by atoms with E-state index in [9.17, 15) is 9.59 Å². The third kappa shape index (κ3) is 3.25. The molecule has 1 atom stereocenters. The molecule has 1 unspecified atom stereocenters. The van der Waals surface area contributed by atoms with Crippen LogP contribution in [0, 0.1) is 5.92 Å². The van der Waals surface area contributed by atoms with Crippen molar-refractivity contribution in [1.82, 2.24) is 14.5 Å². The van der Waals surface area contributed by atoms with Crippen molar-refractivity contribution in [2.45, 2.75) is 26.7 Å². The summed E-state index contributed by atoms with van der Waals surface area (Å²) >= 11 is 1.05. The molecule has 0 aliphatic rings. The van der Waals surface area contributed by atoms with Gasteiger partial charge >= 0.3 is 5.97 Å². The number of carbonyl (C=O) groups is 2. The number of aromatic nitrogens is 2. The minimum Gasteiger partial charge on any atom is -0.481 e. The molecule has 0 spiro atoms. The molecule has 0 saturated carbocycles. The summed E-state index contributed by atoms with van der Waals surface area (Å²) in [6, 6.07) is 0. The van der Waals surface area contributed by atoms with Crippen LogP contribution in [-0.4, -0.2) is 45.1 Å². The summed E-state index contributed by atoms with van der Waals surface area (Å²) < 4.78 is 3.79. The van der Waals surface area contributed by atoms with Gasteiger partial charge in [-0.2, -0.15) is 0 Å². The number of aliphatic carboxylic acids is 1. The maximum absolute atomic E-state index is 12.2. The number of rotatable bonds is 5. The molecule has 18 heavy (non-hydrogen) atoms. The lowest BCUT2D eigenvalue weighted by molar-refractivity contribution is -0.141. The van der Waals surface area contributed by atoms with Gasteiger partial charge in [-0.1, -0.05) is 25.3 Å². The second kappa shape index (κ2) is 5.90. The van der Waals surface area contributed by atoms with Gasteiger partial charge in [-0.3, -0.25) is 9.59 Å². The Hall–Kier alpha value is -1.50. The lowest BCUT2D eigenvalue weighted by Gasteiger charge is -2.19. The second-order valence-electron chi connectivity index (χ2n) is 4.57. The molecule has 1 N–H and O–H groups in total. The van der Waals surface area contributed by atoms with Gasteiger partial charge in [0.2, 0.25) is 0 Å². The lowest BCUT2D eigenvalue weighted by Crippen LogP contribution is -2.33. The first-order chi connectivity index (χ1) is 8.34. The Bertz CT molecular complexity index is 444. The Balaban J connectivity index is 2.80. The van der Waals surface area contributed by atoms with Gasteiger partial charge in [0.25, 0.3) is 5.91 Å². The predicted octanol–water partition coefficient (Wildman–Crippen LogP) is 1.45. The second-order valence-corrected chi connectivity index (χ2v) is 5.32. The highest BCUT2D eigenvalue weighted by molar-refractivity contribution is 7.08. The van der Waals surface area contributed by atoms with Crippen molar-refractivity contribution in [3.63, 3.8) is 0 Å². The topological polar surface area (TPSA) is 83.4 Å². The molecule has 0 aliphatic heterocycles. The van der Waals surface area contributed by atoms with E-state index in [2.05, 4.69) is 9.59 Å². The summed E-state index contributed by atoms with van der Waals surface area (Å²) in [7, 11) is 1.59. The van der Waals surface area contributed by atoms with E-state index in [-0.39, 0.29) is 18.4 Å². The van der Waals surface area contributed by atoms with Gasteiger partial charge in [-0.25, -0.2) is 0 Å². The molecular formula is C11H17N3O3S. The van der Waals surface area contributed by atoms with E-state index >= 15 is 0 Å². The molecule has 1 aromatic rings. The van der Waals surface area contributed by atoms with Crippen LogP contribution in [0.4, 0.5) is 0 Å². The maximum atomic E-state index is 12.2. The number of carbonyl (C=O) groups excluding carboxylic acids is 1. The van der Waals surface area contributed by atoms with E-state index in [1.807, 2.05) is 13.8 Å². The Morgan fingerprint density at radius 3 is 2.50 bits per heavy atom. The fourth-order valence-electron chi connectivity index (χ4n) is 1.47. The Kier molecular flexibility index (Phi) is 4.77. The SMILES string of the molecule is CC(CN(C)C(=O)c1snnc1C(C)C)C(=O)O. The number of amides is 1. The molecule has 7 heteroatoms. The molecule has 0 radical (unpaired) electrons. The summed E-state index contributed by atoms with van der Waals surface area (Å²) in [5.41, 5.74) is 0.667. The van der Waals surface area contributed by atoms with Gasteiger partial charge in [-0.05, 0) is 17.5 Å². The highest BCUT2D eigenvalue weighted by Crippen LogP contribution is 2.21. The Labute approximate surface area is 110 Å². The number of carboxylic acids is 1. The number of nitrogens with zero attached hydrogens (tertiary/aromatic N) is 3. The Morgan fingerprint density at radius 1 is 1.39 bits per heavy atom. The summed E-state index contributed by atoms with van der Waals surface area (Å²) in [6.45, 7) is 5.62. The monoisotopic (exact) mass is 271 g/mol. The normalized spacial score (nSPS) is 12.5. The quantitative estimate of drug-likeness (QED) is 0.876. The van der Waals surface area contributed by atoms with Gasteiger partial charge in [0, 0.05) is 13.6 Å². The van der Waals surface area contributed by atoms with Crippen LogP contribution in [0.25, 0.3) is 0 Å². The van der Waals surface area contributed by atoms with Crippen molar-refractivity contribution >= 4 is 23.4 Å². The molecule has 0 aliphatic carbocycles. The molecule has 1 amide bonds. The molecule has 1 aromatic heterocycles. The highest BCUT2D eigenvalue weighted by Gasteiger charge is 2.24. The highest BCUT2D eigenvalue weighted by atomic mass is 32.1. The van der Waals surface area contributed by atoms with Crippen LogP contribution in [0.3, 0.4) is 0 Å². The fraction of sp³-hybridized carbons (Fsp3) is 0.636. The summed E-state index contributed by atoms with van der Waals surface area (Å²) in [5.74, 6) is -1.61. The van der Waals surface area contributed by atoms with Crippen molar-refractivity contribution < 1.29 is 14.7 Å². The van der Waals surface area contributed by atoms with Crippen molar-refractivity contribution in [2.75, 3.05) is 13.6 Å². The summed E-state index contributed by atoms with van der Waals surface area (Å²) in [5, 5.41) is 12.8. The molecule has 6 nitrogen and oxygen atoms in total. The molecule has 1 heterocycles. The van der Waals surface area contributed by atoms with E-state index in [0.717, 1.165) is 11.5 Å². The van der Waals surface area contributed by atoms with Crippen molar-refractivity contribution in [2.24, 2.45) is 5.92 Å². The van der Waals surface area contributed by atoms with Crippen LogP contribution in [-0.2, 0) is 4.79 Å². The summed E-state index contributed by atoms with van der Waals surface area (Å²) in [6.07, 6.45) is 0. The van der Waals surface area contributed by atoms with Crippen LogP contribution < -0.4 is 0 Å². The molecule has 0 saturated heterocycles. The first-order valence-corrected chi connectivity index (χ1v) is 6.42. The van der Waals surface area contributed by atoms with E-state index in [4.69, 9.17) is 5.11 Å². The first kappa shape index (κ1) is 14.6. The summed E-state index contributed by atoms with van der Waals surface area (Å²) in [4.78, 5) is 24.8. The third-order valence-corrected chi connectivity index (χ3v) is 3.30. The third-order valence-electron chi connectivity index (χ3n) is 2.57. The van der Waals surface area contributed by atoms with E-state index in [0.29, 0.717) is 10.6 Å².